The van der Waals surface area contributed by atoms with Gasteiger partial charge in [-0.15, -0.1) is 0 Å². The van der Waals surface area contributed by atoms with E-state index in [1.807, 2.05) is 12.1 Å². The third kappa shape index (κ3) is 4.89. The first-order valence-electron chi connectivity index (χ1n) is 8.81. The first-order chi connectivity index (χ1) is 11.7. The Morgan fingerprint density at radius 2 is 2.04 bits per heavy atom. The van der Waals surface area contributed by atoms with Gasteiger partial charge in [0, 0.05) is 39.3 Å². The van der Waals surface area contributed by atoms with Gasteiger partial charge in [0.1, 0.15) is 5.82 Å². The molecule has 5 nitrogen and oxygen atoms in total. The van der Waals surface area contributed by atoms with Gasteiger partial charge < -0.3 is 19.5 Å². The summed E-state index contributed by atoms with van der Waals surface area (Å²) < 4.78 is 24.9. The third-order valence-corrected chi connectivity index (χ3v) is 4.67. The molecule has 1 N–H and O–H groups in total. The van der Waals surface area contributed by atoms with Crippen LogP contribution in [0.3, 0.4) is 0 Å². The van der Waals surface area contributed by atoms with Gasteiger partial charge in [0.15, 0.2) is 0 Å². The average Bonchev–Trinajstić information content (AvgIpc) is 3.10. The number of rotatable bonds is 7. The Morgan fingerprint density at radius 3 is 2.75 bits per heavy atom. The molecule has 0 radical (unpaired) electrons. The Labute approximate surface area is 143 Å². The number of aliphatic hydroxyl groups is 1. The number of anilines is 1. The van der Waals surface area contributed by atoms with Gasteiger partial charge in [-0.25, -0.2) is 4.39 Å². The average molecular weight is 338 g/mol. The van der Waals surface area contributed by atoms with Gasteiger partial charge in [-0.1, -0.05) is 12.1 Å². The number of para-hydroxylation sites is 1. The van der Waals surface area contributed by atoms with Crippen molar-refractivity contribution >= 4 is 5.69 Å². The first-order valence-corrected chi connectivity index (χ1v) is 8.81. The monoisotopic (exact) mass is 338 g/mol. The molecule has 134 valence electrons. The molecule has 2 fully saturated rings. The zero-order valence-electron chi connectivity index (χ0n) is 14.1. The summed E-state index contributed by atoms with van der Waals surface area (Å²) in [5.41, 5.74) is 0.664. The lowest BCUT2D eigenvalue weighted by Gasteiger charge is -2.37. The van der Waals surface area contributed by atoms with Crippen LogP contribution in [-0.2, 0) is 9.47 Å². The Hall–Kier alpha value is -1.21. The summed E-state index contributed by atoms with van der Waals surface area (Å²) in [5, 5.41) is 10.1. The van der Waals surface area contributed by atoms with Gasteiger partial charge >= 0.3 is 0 Å². The molecule has 3 rings (SSSR count). The second-order valence-corrected chi connectivity index (χ2v) is 6.57. The van der Waals surface area contributed by atoms with Crippen molar-refractivity contribution < 1.29 is 19.0 Å². The fourth-order valence-corrected chi connectivity index (χ4v) is 3.34. The molecule has 2 saturated heterocycles. The molecule has 6 heteroatoms. The minimum absolute atomic E-state index is 0.173. The molecule has 1 aromatic rings. The maximum atomic E-state index is 13.8. The van der Waals surface area contributed by atoms with Crippen molar-refractivity contribution in [3.63, 3.8) is 0 Å². The van der Waals surface area contributed by atoms with E-state index in [2.05, 4.69) is 9.80 Å². The van der Waals surface area contributed by atoms with E-state index in [9.17, 15) is 9.50 Å². The fourth-order valence-electron chi connectivity index (χ4n) is 3.34. The molecule has 0 saturated carbocycles. The molecule has 2 atom stereocenters. The van der Waals surface area contributed by atoms with Gasteiger partial charge in [0.2, 0.25) is 0 Å². The predicted octanol–water partition coefficient (Wildman–Crippen LogP) is 1.50. The van der Waals surface area contributed by atoms with E-state index in [-0.39, 0.29) is 11.9 Å². The van der Waals surface area contributed by atoms with Crippen molar-refractivity contribution in [1.82, 2.24) is 4.90 Å². The van der Waals surface area contributed by atoms with Crippen molar-refractivity contribution in [1.29, 1.82) is 0 Å². The number of benzene rings is 1. The number of halogens is 1. The molecule has 0 bridgehead atoms. The van der Waals surface area contributed by atoms with Crippen molar-refractivity contribution in [3.05, 3.63) is 30.1 Å². The molecule has 0 unspecified atom stereocenters. The molecule has 2 aliphatic heterocycles. The Bertz CT molecular complexity index is 503. The first kappa shape index (κ1) is 17.6. The fraction of sp³-hybridized carbons (Fsp3) is 0.667. The number of piperazine rings is 1. The van der Waals surface area contributed by atoms with E-state index >= 15 is 0 Å². The van der Waals surface area contributed by atoms with Gasteiger partial charge in [0.05, 0.1) is 31.1 Å². The molecule has 1 aromatic carbocycles. The van der Waals surface area contributed by atoms with Gasteiger partial charge in [-0.2, -0.15) is 0 Å². The second-order valence-electron chi connectivity index (χ2n) is 6.57. The number of β-amino-alcohol motifs (C(OH)–C–C–N with tert-alkyl or cyclic N) is 1. The zero-order valence-corrected chi connectivity index (χ0v) is 14.1. The van der Waals surface area contributed by atoms with Crippen molar-refractivity contribution in [2.45, 2.75) is 25.0 Å². The summed E-state index contributed by atoms with van der Waals surface area (Å²) in [5.74, 6) is -0.173. The highest BCUT2D eigenvalue weighted by atomic mass is 19.1. The van der Waals surface area contributed by atoms with E-state index in [0.717, 1.165) is 45.6 Å². The summed E-state index contributed by atoms with van der Waals surface area (Å²) in [7, 11) is 0. The van der Waals surface area contributed by atoms with Crippen LogP contribution in [0.4, 0.5) is 10.1 Å². The normalized spacial score (nSPS) is 23.6. The number of hydrogen-bond donors (Lipinski definition) is 1. The molecule has 0 spiro atoms. The van der Waals surface area contributed by atoms with Crippen molar-refractivity contribution in [3.8, 4) is 0 Å². The maximum absolute atomic E-state index is 13.8. The van der Waals surface area contributed by atoms with Crippen LogP contribution in [0.1, 0.15) is 12.8 Å². The van der Waals surface area contributed by atoms with Crippen molar-refractivity contribution in [2.24, 2.45) is 0 Å². The highest BCUT2D eigenvalue weighted by molar-refractivity contribution is 5.47. The van der Waals surface area contributed by atoms with Crippen LogP contribution in [-0.4, -0.2) is 74.8 Å². The second kappa shape index (κ2) is 8.76. The Kier molecular flexibility index (Phi) is 6.43. The lowest BCUT2D eigenvalue weighted by atomic mass is 10.2. The maximum Gasteiger partial charge on any atom is 0.146 e. The summed E-state index contributed by atoms with van der Waals surface area (Å²) in [6.07, 6.45) is 1.85. The van der Waals surface area contributed by atoms with Crippen LogP contribution in [0.25, 0.3) is 0 Å². The van der Waals surface area contributed by atoms with Crippen LogP contribution in [0.2, 0.25) is 0 Å². The highest BCUT2D eigenvalue weighted by Crippen LogP contribution is 2.20. The SMILES string of the molecule is O[C@@H](COC[C@@H]1CCCO1)CN1CCN(c2ccccc2F)CC1. The summed E-state index contributed by atoms with van der Waals surface area (Å²) in [6, 6.07) is 6.89. The predicted molar refractivity (Wildman–Crippen MR) is 90.9 cm³/mol. The summed E-state index contributed by atoms with van der Waals surface area (Å²) in [6.45, 7) is 5.49. The molecule has 2 aliphatic rings. The molecule has 0 amide bonds. The Morgan fingerprint density at radius 1 is 1.25 bits per heavy atom. The Balaban J connectivity index is 1.35. The van der Waals surface area contributed by atoms with E-state index < -0.39 is 6.10 Å². The summed E-state index contributed by atoms with van der Waals surface area (Å²) in [4.78, 5) is 4.27. The molecule has 24 heavy (non-hydrogen) atoms. The van der Waals surface area contributed by atoms with Crippen LogP contribution in [0, 0.1) is 5.82 Å². The lowest BCUT2D eigenvalue weighted by molar-refractivity contribution is -0.0254. The minimum Gasteiger partial charge on any atom is -0.389 e. The van der Waals surface area contributed by atoms with E-state index in [0.29, 0.717) is 25.4 Å². The number of nitrogens with zero attached hydrogens (tertiary/aromatic N) is 2. The van der Waals surface area contributed by atoms with Gasteiger partial charge in [-0.3, -0.25) is 4.90 Å². The molecule has 2 heterocycles. The van der Waals surface area contributed by atoms with E-state index in [1.54, 1.807) is 6.07 Å². The summed E-state index contributed by atoms with van der Waals surface area (Å²) >= 11 is 0. The molecule has 0 aliphatic carbocycles. The van der Waals surface area contributed by atoms with Crippen LogP contribution < -0.4 is 4.90 Å². The number of aliphatic hydroxyl groups excluding tert-OH is 1. The quantitative estimate of drug-likeness (QED) is 0.816. The van der Waals surface area contributed by atoms with Crippen molar-refractivity contribution in [2.75, 3.05) is 57.4 Å². The van der Waals surface area contributed by atoms with E-state index in [4.69, 9.17) is 9.47 Å². The molecular weight excluding hydrogens is 311 g/mol. The highest BCUT2D eigenvalue weighted by Gasteiger charge is 2.21. The standard InChI is InChI=1S/C18H27FN2O3/c19-17-5-1-2-6-18(17)21-9-7-20(8-10-21)12-15(22)13-23-14-16-4-3-11-24-16/h1-2,5-6,15-16,22H,3-4,7-14H2/t15-,16+/m1/s1. The molecular formula is C18H27FN2O3. The van der Waals surface area contributed by atoms with Crippen LogP contribution in [0.15, 0.2) is 24.3 Å². The minimum atomic E-state index is -0.494. The lowest BCUT2D eigenvalue weighted by Crippen LogP contribution is -2.49. The molecule has 0 aromatic heterocycles. The van der Waals surface area contributed by atoms with Gasteiger partial charge in [-0.05, 0) is 25.0 Å². The largest absolute Gasteiger partial charge is 0.389 e. The number of ether oxygens (including phenoxy) is 2. The third-order valence-electron chi connectivity index (χ3n) is 4.67. The smallest absolute Gasteiger partial charge is 0.146 e. The topological polar surface area (TPSA) is 45.2 Å². The zero-order chi connectivity index (χ0) is 16.8. The van der Waals surface area contributed by atoms with Gasteiger partial charge in [0.25, 0.3) is 0 Å². The van der Waals surface area contributed by atoms with Crippen LogP contribution in [0.5, 0.6) is 0 Å². The number of hydrogen-bond acceptors (Lipinski definition) is 5. The van der Waals surface area contributed by atoms with E-state index in [1.165, 1.54) is 6.07 Å². The van der Waals surface area contributed by atoms with Crippen LogP contribution >= 0.6 is 0 Å².